The molecule has 4 nitrogen and oxygen atoms in total. The molecule has 0 unspecified atom stereocenters. The van der Waals surface area contributed by atoms with Crippen molar-refractivity contribution in [1.29, 1.82) is 0 Å². The van der Waals surface area contributed by atoms with Gasteiger partial charge in [0.15, 0.2) is 0 Å². The third-order valence-corrected chi connectivity index (χ3v) is 5.61. The van der Waals surface area contributed by atoms with Gasteiger partial charge in [0, 0.05) is 13.2 Å². The van der Waals surface area contributed by atoms with Crippen LogP contribution in [0, 0.1) is 6.92 Å². The first kappa shape index (κ1) is 21.5. The van der Waals surface area contributed by atoms with Crippen molar-refractivity contribution in [3.63, 3.8) is 0 Å². The summed E-state index contributed by atoms with van der Waals surface area (Å²) in [5.74, 6) is 0.938. The molecule has 5 heteroatoms. The summed E-state index contributed by atoms with van der Waals surface area (Å²) in [6, 6.07) is 16.6. The highest BCUT2D eigenvalue weighted by molar-refractivity contribution is 7.13. The Labute approximate surface area is 177 Å². The van der Waals surface area contributed by atoms with Crippen molar-refractivity contribution in [2.45, 2.75) is 33.3 Å². The lowest BCUT2D eigenvalue weighted by Gasteiger charge is -2.12. The van der Waals surface area contributed by atoms with Gasteiger partial charge in [-0.15, -0.1) is 11.3 Å². The summed E-state index contributed by atoms with van der Waals surface area (Å²) in [4.78, 5) is 5.55. The van der Waals surface area contributed by atoms with Gasteiger partial charge in [-0.3, -0.25) is 0 Å². The molecule has 0 spiro atoms. The van der Waals surface area contributed by atoms with Gasteiger partial charge in [0.2, 0.25) is 0 Å². The number of ether oxygens (including phenoxy) is 3. The summed E-state index contributed by atoms with van der Waals surface area (Å²) in [6.07, 6.45) is 1.82. The van der Waals surface area contributed by atoms with Crippen LogP contribution < -0.4 is 4.74 Å². The van der Waals surface area contributed by atoms with E-state index in [1.54, 1.807) is 11.3 Å². The summed E-state index contributed by atoms with van der Waals surface area (Å²) in [5, 5.41) is 0. The monoisotopic (exact) mass is 411 g/mol. The van der Waals surface area contributed by atoms with Gasteiger partial charge < -0.3 is 14.2 Å². The highest BCUT2D eigenvalue weighted by Crippen LogP contribution is 2.32. The Balaban J connectivity index is 1.35. The maximum absolute atomic E-state index is 6.02. The maximum atomic E-state index is 6.02. The van der Waals surface area contributed by atoms with Crippen LogP contribution in [0.3, 0.4) is 0 Å². The first-order valence-corrected chi connectivity index (χ1v) is 11.0. The van der Waals surface area contributed by atoms with Gasteiger partial charge in [-0.2, -0.15) is 0 Å². The van der Waals surface area contributed by atoms with Crippen molar-refractivity contribution in [2.75, 3.05) is 26.4 Å². The van der Waals surface area contributed by atoms with Gasteiger partial charge in [-0.1, -0.05) is 49.4 Å². The topological polar surface area (TPSA) is 40.6 Å². The number of nitrogens with zero attached hydrogens (tertiary/aromatic N) is 1. The zero-order chi connectivity index (χ0) is 20.3. The maximum Gasteiger partial charge on any atom is 0.123 e. The molecule has 0 aliphatic rings. The minimum Gasteiger partial charge on any atom is -0.491 e. The quantitative estimate of drug-likeness (QED) is 0.359. The number of thiazole rings is 1. The fourth-order valence-electron chi connectivity index (χ4n) is 3.04. The normalized spacial score (nSPS) is 11.0. The minimum atomic E-state index is 0.545. The molecule has 29 heavy (non-hydrogen) atoms. The molecule has 0 aliphatic heterocycles. The zero-order valence-corrected chi connectivity index (χ0v) is 18.0. The predicted molar refractivity (Wildman–Crippen MR) is 119 cm³/mol. The summed E-state index contributed by atoms with van der Waals surface area (Å²) in [6.45, 7) is 7.34. The molecule has 0 radical (unpaired) electrons. The van der Waals surface area contributed by atoms with E-state index in [9.17, 15) is 0 Å². The van der Waals surface area contributed by atoms with Crippen molar-refractivity contribution in [1.82, 2.24) is 4.98 Å². The van der Waals surface area contributed by atoms with Gasteiger partial charge in [0.1, 0.15) is 12.4 Å². The van der Waals surface area contributed by atoms with Crippen LogP contribution in [0.2, 0.25) is 0 Å². The molecule has 1 aromatic heterocycles. The second-order valence-corrected chi connectivity index (χ2v) is 7.65. The highest BCUT2D eigenvalue weighted by atomic mass is 32.1. The van der Waals surface area contributed by atoms with E-state index >= 15 is 0 Å². The molecule has 0 atom stereocenters. The Morgan fingerprint density at radius 3 is 2.52 bits per heavy atom. The molecule has 1 heterocycles. The van der Waals surface area contributed by atoms with Gasteiger partial charge >= 0.3 is 0 Å². The van der Waals surface area contributed by atoms with Crippen LogP contribution in [-0.4, -0.2) is 31.4 Å². The summed E-state index contributed by atoms with van der Waals surface area (Å²) >= 11 is 1.66. The second kappa shape index (κ2) is 11.7. The third-order valence-electron chi connectivity index (χ3n) is 4.63. The number of rotatable bonds is 12. The van der Waals surface area contributed by atoms with Gasteiger partial charge in [0.05, 0.1) is 29.3 Å². The molecule has 0 saturated heterocycles. The Kier molecular flexibility index (Phi) is 8.68. The van der Waals surface area contributed by atoms with E-state index < -0.39 is 0 Å². The summed E-state index contributed by atoms with van der Waals surface area (Å²) in [5.41, 5.74) is 6.52. The number of aryl methyl sites for hydroxylation is 2. The standard InChI is InChI=1S/C24H29NO3S/c1-3-21-10-11-22(24-19(2)25-18-29-24)16-23(21)28-15-14-26-12-7-13-27-17-20-8-5-4-6-9-20/h4-6,8-11,16,18H,3,7,12-15,17H2,1-2H3. The molecule has 0 amide bonds. The Bertz CT molecular complexity index is 864. The van der Waals surface area contributed by atoms with Crippen LogP contribution in [0.4, 0.5) is 0 Å². The average molecular weight is 412 g/mol. The van der Waals surface area contributed by atoms with Crippen molar-refractivity contribution >= 4 is 11.3 Å². The molecule has 0 aliphatic carbocycles. The molecular formula is C24H29NO3S. The Hall–Kier alpha value is -2.21. The third kappa shape index (κ3) is 6.67. The van der Waals surface area contributed by atoms with E-state index in [1.165, 1.54) is 16.0 Å². The van der Waals surface area contributed by atoms with Crippen LogP contribution >= 0.6 is 11.3 Å². The SMILES string of the molecule is CCc1ccc(-c2scnc2C)cc1OCCOCCCOCc1ccccc1. The van der Waals surface area contributed by atoms with Gasteiger partial charge in [-0.25, -0.2) is 4.98 Å². The first-order chi connectivity index (χ1) is 14.3. The van der Waals surface area contributed by atoms with E-state index in [2.05, 4.69) is 42.2 Å². The van der Waals surface area contributed by atoms with E-state index in [0.29, 0.717) is 33.0 Å². The largest absolute Gasteiger partial charge is 0.491 e. The molecule has 3 aromatic rings. The minimum absolute atomic E-state index is 0.545. The fourth-order valence-corrected chi connectivity index (χ4v) is 3.84. The fraction of sp³-hybridized carbons (Fsp3) is 0.375. The van der Waals surface area contributed by atoms with E-state index in [1.807, 2.05) is 30.6 Å². The molecule has 2 aromatic carbocycles. The van der Waals surface area contributed by atoms with Crippen LogP contribution in [-0.2, 0) is 22.5 Å². The molecule has 0 fully saturated rings. The molecule has 0 saturated carbocycles. The number of benzene rings is 2. The lowest BCUT2D eigenvalue weighted by molar-refractivity contribution is 0.0631. The molecule has 154 valence electrons. The number of aromatic nitrogens is 1. The smallest absolute Gasteiger partial charge is 0.123 e. The van der Waals surface area contributed by atoms with Crippen LogP contribution in [0.15, 0.2) is 54.0 Å². The highest BCUT2D eigenvalue weighted by Gasteiger charge is 2.09. The lowest BCUT2D eigenvalue weighted by Crippen LogP contribution is -2.09. The van der Waals surface area contributed by atoms with Gasteiger partial charge in [0.25, 0.3) is 0 Å². The molecule has 3 rings (SSSR count). The summed E-state index contributed by atoms with van der Waals surface area (Å²) < 4.78 is 17.4. The van der Waals surface area contributed by atoms with E-state index in [4.69, 9.17) is 14.2 Å². The summed E-state index contributed by atoms with van der Waals surface area (Å²) in [7, 11) is 0. The van der Waals surface area contributed by atoms with E-state index in [0.717, 1.165) is 29.8 Å². The lowest BCUT2D eigenvalue weighted by atomic mass is 10.1. The van der Waals surface area contributed by atoms with Gasteiger partial charge in [-0.05, 0) is 42.5 Å². The van der Waals surface area contributed by atoms with Crippen molar-refractivity contribution in [3.8, 4) is 16.2 Å². The number of hydrogen-bond acceptors (Lipinski definition) is 5. The number of hydrogen-bond donors (Lipinski definition) is 0. The van der Waals surface area contributed by atoms with E-state index in [-0.39, 0.29) is 0 Å². The average Bonchev–Trinajstić information content (AvgIpc) is 3.19. The first-order valence-electron chi connectivity index (χ1n) is 10.1. The Morgan fingerprint density at radius 1 is 0.931 bits per heavy atom. The van der Waals surface area contributed by atoms with Crippen LogP contribution in [0.25, 0.3) is 10.4 Å². The second-order valence-electron chi connectivity index (χ2n) is 6.80. The van der Waals surface area contributed by atoms with Crippen molar-refractivity contribution in [2.24, 2.45) is 0 Å². The molecule has 0 bridgehead atoms. The Morgan fingerprint density at radius 2 is 1.76 bits per heavy atom. The molecular weight excluding hydrogens is 382 g/mol. The van der Waals surface area contributed by atoms with Crippen molar-refractivity contribution < 1.29 is 14.2 Å². The van der Waals surface area contributed by atoms with Crippen molar-refractivity contribution in [3.05, 3.63) is 70.9 Å². The van der Waals surface area contributed by atoms with Crippen LogP contribution in [0.1, 0.15) is 30.2 Å². The van der Waals surface area contributed by atoms with Crippen LogP contribution in [0.5, 0.6) is 5.75 Å². The molecule has 0 N–H and O–H groups in total. The predicted octanol–water partition coefficient (Wildman–Crippen LogP) is 5.68. The zero-order valence-electron chi connectivity index (χ0n) is 17.2.